The molecule has 0 fully saturated rings. The monoisotopic (exact) mass is 296 g/mol. The van der Waals surface area contributed by atoms with Crippen molar-refractivity contribution in [3.8, 4) is 0 Å². The summed E-state index contributed by atoms with van der Waals surface area (Å²) < 4.78 is 0. The van der Waals surface area contributed by atoms with E-state index >= 15 is 0 Å². The highest BCUT2D eigenvalue weighted by molar-refractivity contribution is 5.36. The van der Waals surface area contributed by atoms with Gasteiger partial charge in [0.25, 0.3) is 0 Å². The van der Waals surface area contributed by atoms with Gasteiger partial charge in [-0.25, -0.2) is 0 Å². The summed E-state index contributed by atoms with van der Waals surface area (Å²) >= 11 is 0. The molecular weight excluding hydrogens is 268 g/mol. The normalized spacial score (nSPS) is 13.9. The average Bonchev–Trinajstić information content (AvgIpc) is 2.42. The SMILES string of the molecule is CN[C@@H](c1cc(C)cc(C)c1)[C@@H](NC)c1cc(C)cc(C)c1. The van der Waals surface area contributed by atoms with E-state index in [4.69, 9.17) is 0 Å². The van der Waals surface area contributed by atoms with Crippen LogP contribution in [0.1, 0.15) is 45.5 Å². The van der Waals surface area contributed by atoms with Gasteiger partial charge in [0.15, 0.2) is 0 Å². The molecule has 0 aliphatic carbocycles. The number of benzene rings is 2. The number of aryl methyl sites for hydroxylation is 4. The van der Waals surface area contributed by atoms with Crippen LogP contribution < -0.4 is 10.6 Å². The van der Waals surface area contributed by atoms with E-state index in [2.05, 4.69) is 74.7 Å². The molecule has 0 saturated heterocycles. The zero-order chi connectivity index (χ0) is 16.3. The van der Waals surface area contributed by atoms with Crippen LogP contribution >= 0.6 is 0 Å². The first kappa shape index (κ1) is 16.7. The Morgan fingerprint density at radius 1 is 0.545 bits per heavy atom. The van der Waals surface area contributed by atoms with Crippen molar-refractivity contribution in [2.75, 3.05) is 14.1 Å². The molecule has 0 amide bonds. The second-order valence-electron chi connectivity index (χ2n) is 6.37. The van der Waals surface area contributed by atoms with E-state index in [9.17, 15) is 0 Å². The van der Waals surface area contributed by atoms with E-state index in [1.807, 2.05) is 14.1 Å². The second-order valence-corrected chi connectivity index (χ2v) is 6.37. The van der Waals surface area contributed by atoms with E-state index < -0.39 is 0 Å². The van der Waals surface area contributed by atoms with Crippen LogP contribution in [0.25, 0.3) is 0 Å². The molecule has 2 aromatic carbocycles. The minimum absolute atomic E-state index is 0.241. The van der Waals surface area contributed by atoms with Gasteiger partial charge in [-0.15, -0.1) is 0 Å². The Hall–Kier alpha value is -1.64. The molecule has 0 bridgehead atoms. The lowest BCUT2D eigenvalue weighted by Gasteiger charge is -2.28. The molecule has 2 heteroatoms. The topological polar surface area (TPSA) is 24.1 Å². The van der Waals surface area contributed by atoms with Gasteiger partial charge in [0.1, 0.15) is 0 Å². The highest BCUT2D eigenvalue weighted by Crippen LogP contribution is 2.30. The highest BCUT2D eigenvalue weighted by Gasteiger charge is 2.22. The lowest BCUT2D eigenvalue weighted by Crippen LogP contribution is -2.32. The van der Waals surface area contributed by atoms with Crippen molar-refractivity contribution in [1.29, 1.82) is 0 Å². The van der Waals surface area contributed by atoms with Crippen molar-refractivity contribution in [3.63, 3.8) is 0 Å². The van der Waals surface area contributed by atoms with Crippen LogP contribution in [0.5, 0.6) is 0 Å². The maximum absolute atomic E-state index is 3.50. The van der Waals surface area contributed by atoms with Crippen LogP contribution in [0.4, 0.5) is 0 Å². The molecule has 118 valence electrons. The third kappa shape index (κ3) is 3.76. The Morgan fingerprint density at radius 3 is 1.05 bits per heavy atom. The van der Waals surface area contributed by atoms with Crippen LogP contribution in [-0.2, 0) is 0 Å². The lowest BCUT2D eigenvalue weighted by atomic mass is 9.90. The highest BCUT2D eigenvalue weighted by atomic mass is 15.0. The van der Waals surface area contributed by atoms with Gasteiger partial charge in [0, 0.05) is 0 Å². The van der Waals surface area contributed by atoms with Gasteiger partial charge in [-0.2, -0.15) is 0 Å². The first-order valence-electron chi connectivity index (χ1n) is 7.95. The number of rotatable bonds is 5. The summed E-state index contributed by atoms with van der Waals surface area (Å²) in [6.07, 6.45) is 0. The molecule has 0 heterocycles. The molecule has 2 N–H and O–H groups in total. The van der Waals surface area contributed by atoms with Crippen LogP contribution in [0.15, 0.2) is 36.4 Å². The maximum atomic E-state index is 3.50. The fourth-order valence-corrected chi connectivity index (χ4v) is 3.43. The summed E-state index contributed by atoms with van der Waals surface area (Å²) in [5.74, 6) is 0. The molecule has 2 atom stereocenters. The molecule has 0 aliphatic heterocycles. The minimum atomic E-state index is 0.241. The molecule has 2 nitrogen and oxygen atoms in total. The number of nitrogens with one attached hydrogen (secondary N) is 2. The quantitative estimate of drug-likeness (QED) is 0.866. The summed E-state index contributed by atoms with van der Waals surface area (Å²) in [6.45, 7) is 8.64. The fraction of sp³-hybridized carbons (Fsp3) is 0.400. The van der Waals surface area contributed by atoms with Crippen LogP contribution in [0, 0.1) is 27.7 Å². The second kappa shape index (κ2) is 7.08. The summed E-state index contributed by atoms with van der Waals surface area (Å²) in [5, 5.41) is 7.00. The number of likely N-dealkylation sites (N-methyl/N-ethyl adjacent to an activating group) is 2. The van der Waals surface area contributed by atoms with Gasteiger partial charge in [0.2, 0.25) is 0 Å². The van der Waals surface area contributed by atoms with Crippen LogP contribution in [0.3, 0.4) is 0 Å². The fourth-order valence-electron chi connectivity index (χ4n) is 3.43. The smallest absolute Gasteiger partial charge is 0.0515 e. The average molecular weight is 296 g/mol. The van der Waals surface area contributed by atoms with E-state index in [1.165, 1.54) is 33.4 Å². The van der Waals surface area contributed by atoms with Crippen molar-refractivity contribution in [2.24, 2.45) is 0 Å². The molecule has 0 radical (unpaired) electrons. The molecule has 2 aromatic rings. The summed E-state index contributed by atoms with van der Waals surface area (Å²) in [5.41, 5.74) is 7.91. The van der Waals surface area contributed by atoms with E-state index in [-0.39, 0.29) is 12.1 Å². The lowest BCUT2D eigenvalue weighted by molar-refractivity contribution is 0.431. The minimum Gasteiger partial charge on any atom is -0.311 e. The molecule has 0 unspecified atom stereocenters. The van der Waals surface area contributed by atoms with E-state index in [1.54, 1.807) is 0 Å². The molecule has 0 spiro atoms. The third-order valence-corrected chi connectivity index (χ3v) is 4.16. The maximum Gasteiger partial charge on any atom is 0.0515 e. The van der Waals surface area contributed by atoms with Crippen LogP contribution in [-0.4, -0.2) is 14.1 Å². The van der Waals surface area contributed by atoms with Gasteiger partial charge in [0.05, 0.1) is 12.1 Å². The predicted molar refractivity (Wildman–Crippen MR) is 95.4 cm³/mol. The van der Waals surface area contributed by atoms with Crippen molar-refractivity contribution in [3.05, 3.63) is 69.8 Å². The molecule has 2 rings (SSSR count). The zero-order valence-corrected chi connectivity index (χ0v) is 14.6. The first-order chi connectivity index (χ1) is 10.4. The number of hydrogen-bond acceptors (Lipinski definition) is 2. The van der Waals surface area contributed by atoms with Crippen molar-refractivity contribution in [1.82, 2.24) is 10.6 Å². The zero-order valence-electron chi connectivity index (χ0n) is 14.6. The first-order valence-corrected chi connectivity index (χ1v) is 7.95. The molecule has 22 heavy (non-hydrogen) atoms. The summed E-state index contributed by atoms with van der Waals surface area (Å²) in [4.78, 5) is 0. The Kier molecular flexibility index (Phi) is 5.38. The molecule has 0 aliphatic rings. The standard InChI is InChI=1S/C20H28N2/c1-13-7-14(2)10-17(9-13)19(21-5)20(22-6)18-11-15(3)8-16(4)12-18/h7-12,19-22H,1-6H3/t19-,20-/m0/s1. The van der Waals surface area contributed by atoms with E-state index in [0.29, 0.717) is 0 Å². The van der Waals surface area contributed by atoms with E-state index in [0.717, 1.165) is 0 Å². The van der Waals surface area contributed by atoms with Gasteiger partial charge in [-0.05, 0) is 52.9 Å². The van der Waals surface area contributed by atoms with Gasteiger partial charge < -0.3 is 10.6 Å². The Morgan fingerprint density at radius 2 is 0.818 bits per heavy atom. The Labute approximate surface area is 135 Å². The molecule has 0 saturated carbocycles. The van der Waals surface area contributed by atoms with Gasteiger partial charge in [-0.3, -0.25) is 0 Å². The van der Waals surface area contributed by atoms with Crippen molar-refractivity contribution >= 4 is 0 Å². The molecule has 0 aromatic heterocycles. The summed E-state index contributed by atoms with van der Waals surface area (Å²) in [7, 11) is 4.07. The summed E-state index contributed by atoms with van der Waals surface area (Å²) in [6, 6.07) is 14.0. The van der Waals surface area contributed by atoms with Gasteiger partial charge >= 0.3 is 0 Å². The van der Waals surface area contributed by atoms with Crippen molar-refractivity contribution in [2.45, 2.75) is 39.8 Å². The predicted octanol–water partition coefficient (Wildman–Crippen LogP) is 4.14. The van der Waals surface area contributed by atoms with Gasteiger partial charge in [-0.1, -0.05) is 58.7 Å². The third-order valence-electron chi connectivity index (χ3n) is 4.16. The Bertz CT molecular complexity index is 548. The number of hydrogen-bond donors (Lipinski definition) is 2. The van der Waals surface area contributed by atoms with Crippen molar-refractivity contribution < 1.29 is 0 Å². The largest absolute Gasteiger partial charge is 0.311 e. The Balaban J connectivity index is 2.46. The molecular formula is C20H28N2. The van der Waals surface area contributed by atoms with Crippen LogP contribution in [0.2, 0.25) is 0 Å².